The number of aromatic amines is 1. The molecular formula is C27H31N5O2. The fourth-order valence-corrected chi connectivity index (χ4v) is 4.44. The average molecular weight is 458 g/mol. The van der Waals surface area contributed by atoms with Crippen LogP contribution in [-0.4, -0.2) is 71.6 Å². The highest BCUT2D eigenvalue weighted by Crippen LogP contribution is 2.32. The lowest BCUT2D eigenvalue weighted by Gasteiger charge is -2.32. The van der Waals surface area contributed by atoms with Crippen LogP contribution in [-0.2, 0) is 11.3 Å². The number of fused-ring (bicyclic) bond motifs is 1. The van der Waals surface area contributed by atoms with Crippen LogP contribution in [0.15, 0.2) is 67.0 Å². The Balaban J connectivity index is 1.37. The molecule has 7 heteroatoms. The number of aliphatic hydroxyl groups excluding tert-OH is 1. The predicted octanol–water partition coefficient (Wildman–Crippen LogP) is 3.98. The Bertz CT molecular complexity index is 1250. The number of methoxy groups -OCH3 is 1. The molecule has 0 aliphatic carbocycles. The Morgan fingerprint density at radius 1 is 1.03 bits per heavy atom. The molecule has 0 bridgehead atoms. The molecule has 1 aliphatic heterocycles. The minimum absolute atomic E-state index is 0.779. The number of nitrogens with zero attached hydrogens (tertiary/aromatic N) is 3. The van der Waals surface area contributed by atoms with Crippen molar-refractivity contribution >= 4 is 16.7 Å². The van der Waals surface area contributed by atoms with E-state index in [1.807, 2.05) is 36.7 Å². The number of benzene rings is 2. The van der Waals surface area contributed by atoms with Crippen LogP contribution in [0.3, 0.4) is 0 Å². The average Bonchev–Trinajstić information content (AvgIpc) is 3.29. The van der Waals surface area contributed by atoms with Gasteiger partial charge in [-0.1, -0.05) is 36.4 Å². The van der Waals surface area contributed by atoms with Crippen LogP contribution in [0.2, 0.25) is 0 Å². The quantitative estimate of drug-likeness (QED) is 0.365. The predicted molar refractivity (Wildman–Crippen MR) is 136 cm³/mol. The van der Waals surface area contributed by atoms with Crippen LogP contribution < -0.4 is 5.32 Å². The zero-order chi connectivity index (χ0) is 23.5. The van der Waals surface area contributed by atoms with Gasteiger partial charge in [-0.15, -0.1) is 0 Å². The van der Waals surface area contributed by atoms with E-state index in [0.717, 1.165) is 71.7 Å². The molecule has 1 unspecified atom stereocenters. The van der Waals surface area contributed by atoms with E-state index in [1.54, 1.807) is 0 Å². The molecular weight excluding hydrogens is 426 g/mol. The molecule has 3 N–H and O–H groups in total. The second kappa shape index (κ2) is 9.95. The Morgan fingerprint density at radius 2 is 1.82 bits per heavy atom. The van der Waals surface area contributed by atoms with Crippen LogP contribution in [0.4, 0.5) is 5.69 Å². The van der Waals surface area contributed by atoms with E-state index < -0.39 is 6.41 Å². The third-order valence-electron chi connectivity index (χ3n) is 6.51. The van der Waals surface area contributed by atoms with Gasteiger partial charge in [-0.25, -0.2) is 4.98 Å². The molecule has 0 saturated carbocycles. The standard InChI is InChI=1S/C27H31N5O2/c1-31-10-12-32(13-11-31)18-19-6-8-20(9-7-19)22-15-24-25(17-29-26(24)28-16-22)21-4-3-5-23(14-21)30-27(33)34-2/h3-9,14-17,27,30,33H,10-13,18H2,1-2H3,(H,28,29). The summed E-state index contributed by atoms with van der Waals surface area (Å²) < 4.78 is 4.90. The van der Waals surface area contributed by atoms with E-state index in [1.165, 1.54) is 12.7 Å². The summed E-state index contributed by atoms with van der Waals surface area (Å²) >= 11 is 0. The highest BCUT2D eigenvalue weighted by molar-refractivity contribution is 5.96. The summed E-state index contributed by atoms with van der Waals surface area (Å²) in [6, 6.07) is 18.9. The molecule has 176 valence electrons. The van der Waals surface area contributed by atoms with Gasteiger partial charge in [-0.2, -0.15) is 0 Å². The molecule has 2 aromatic heterocycles. The fourth-order valence-electron chi connectivity index (χ4n) is 4.44. The normalized spacial score (nSPS) is 16.1. The summed E-state index contributed by atoms with van der Waals surface area (Å²) in [6.45, 7) is 5.51. The van der Waals surface area contributed by atoms with Crippen molar-refractivity contribution in [1.29, 1.82) is 0 Å². The second-order valence-electron chi connectivity index (χ2n) is 8.91. The minimum atomic E-state index is -1.05. The molecule has 7 nitrogen and oxygen atoms in total. The van der Waals surface area contributed by atoms with Gasteiger partial charge in [0.2, 0.25) is 6.41 Å². The van der Waals surface area contributed by atoms with Gasteiger partial charge < -0.3 is 25.0 Å². The van der Waals surface area contributed by atoms with Gasteiger partial charge in [0.05, 0.1) is 0 Å². The summed E-state index contributed by atoms with van der Waals surface area (Å²) in [4.78, 5) is 12.8. The number of likely N-dealkylation sites (N-methyl/N-ethyl adjacent to an activating group) is 1. The fraction of sp³-hybridized carbons (Fsp3) is 0.296. The molecule has 1 aliphatic rings. The molecule has 0 spiro atoms. The van der Waals surface area contributed by atoms with Gasteiger partial charge >= 0.3 is 0 Å². The van der Waals surface area contributed by atoms with Gasteiger partial charge in [0.25, 0.3) is 0 Å². The van der Waals surface area contributed by atoms with Crippen LogP contribution in [0.1, 0.15) is 5.56 Å². The summed E-state index contributed by atoms with van der Waals surface area (Å²) in [5.74, 6) is 0. The minimum Gasteiger partial charge on any atom is -0.351 e. The number of hydrogen-bond donors (Lipinski definition) is 3. The lowest BCUT2D eigenvalue weighted by molar-refractivity contribution is -0.0509. The number of piperazine rings is 1. The third kappa shape index (κ3) is 4.98. The van der Waals surface area contributed by atoms with Gasteiger partial charge in [-0.3, -0.25) is 4.90 Å². The first-order valence-electron chi connectivity index (χ1n) is 11.6. The van der Waals surface area contributed by atoms with Gasteiger partial charge in [0.15, 0.2) is 0 Å². The maximum atomic E-state index is 9.73. The van der Waals surface area contributed by atoms with Crippen molar-refractivity contribution in [2.24, 2.45) is 0 Å². The van der Waals surface area contributed by atoms with Crippen molar-refractivity contribution in [3.05, 3.63) is 72.6 Å². The largest absolute Gasteiger partial charge is 0.351 e. The van der Waals surface area contributed by atoms with Crippen molar-refractivity contribution < 1.29 is 9.84 Å². The SMILES string of the molecule is COC(O)Nc1cccc(-c2c[nH]c3ncc(-c4ccc(CN5CCN(C)CC5)cc4)cc23)c1. The molecule has 3 heterocycles. The Kier molecular flexibility index (Phi) is 6.60. The monoisotopic (exact) mass is 457 g/mol. The van der Waals surface area contributed by atoms with Gasteiger partial charge in [0.1, 0.15) is 5.65 Å². The molecule has 0 radical (unpaired) electrons. The van der Waals surface area contributed by atoms with Gasteiger partial charge in [0, 0.05) is 74.4 Å². The topological polar surface area (TPSA) is 76.6 Å². The first-order valence-corrected chi connectivity index (χ1v) is 11.6. The van der Waals surface area contributed by atoms with Crippen molar-refractivity contribution in [1.82, 2.24) is 19.8 Å². The number of anilines is 1. The molecule has 34 heavy (non-hydrogen) atoms. The van der Waals surface area contributed by atoms with E-state index in [4.69, 9.17) is 4.74 Å². The smallest absolute Gasteiger partial charge is 0.235 e. The first kappa shape index (κ1) is 22.6. The van der Waals surface area contributed by atoms with Crippen molar-refractivity contribution in [3.63, 3.8) is 0 Å². The van der Waals surface area contributed by atoms with Crippen molar-refractivity contribution in [2.45, 2.75) is 13.0 Å². The lowest BCUT2D eigenvalue weighted by Crippen LogP contribution is -2.43. The maximum absolute atomic E-state index is 9.73. The molecule has 4 aromatic rings. The number of hydrogen-bond acceptors (Lipinski definition) is 6. The van der Waals surface area contributed by atoms with Crippen LogP contribution in [0, 0.1) is 0 Å². The molecule has 1 saturated heterocycles. The number of aliphatic hydroxyl groups is 1. The molecule has 1 fully saturated rings. The number of pyridine rings is 1. The molecule has 1 atom stereocenters. The number of H-pyrrole nitrogens is 1. The highest BCUT2D eigenvalue weighted by atomic mass is 16.6. The Hall–Kier alpha value is -3.23. The van der Waals surface area contributed by atoms with E-state index in [2.05, 4.69) is 62.5 Å². The second-order valence-corrected chi connectivity index (χ2v) is 8.91. The number of nitrogens with one attached hydrogen (secondary N) is 2. The maximum Gasteiger partial charge on any atom is 0.235 e. The lowest BCUT2D eigenvalue weighted by atomic mass is 10.0. The van der Waals surface area contributed by atoms with Crippen molar-refractivity contribution in [3.8, 4) is 22.3 Å². The van der Waals surface area contributed by atoms with E-state index in [9.17, 15) is 5.11 Å². The zero-order valence-corrected chi connectivity index (χ0v) is 19.7. The first-order chi connectivity index (χ1) is 16.6. The van der Waals surface area contributed by atoms with Crippen LogP contribution >= 0.6 is 0 Å². The Labute approximate surface area is 200 Å². The number of aromatic nitrogens is 2. The number of ether oxygens (including phenoxy) is 1. The summed E-state index contributed by atoms with van der Waals surface area (Å²) in [5.41, 5.74) is 7.30. The van der Waals surface area contributed by atoms with Crippen LogP contribution in [0.5, 0.6) is 0 Å². The third-order valence-corrected chi connectivity index (χ3v) is 6.51. The molecule has 2 aromatic carbocycles. The van der Waals surface area contributed by atoms with E-state index >= 15 is 0 Å². The highest BCUT2D eigenvalue weighted by Gasteiger charge is 2.14. The zero-order valence-electron chi connectivity index (χ0n) is 19.7. The molecule has 5 rings (SSSR count). The van der Waals surface area contributed by atoms with Crippen molar-refractivity contribution in [2.75, 3.05) is 45.7 Å². The van der Waals surface area contributed by atoms with Crippen LogP contribution in [0.25, 0.3) is 33.3 Å². The molecule has 0 amide bonds. The summed E-state index contributed by atoms with van der Waals surface area (Å²) in [5, 5.41) is 13.7. The van der Waals surface area contributed by atoms with E-state index in [-0.39, 0.29) is 0 Å². The van der Waals surface area contributed by atoms with E-state index in [0.29, 0.717) is 0 Å². The summed E-state index contributed by atoms with van der Waals surface area (Å²) in [7, 11) is 3.64. The summed E-state index contributed by atoms with van der Waals surface area (Å²) in [6.07, 6.45) is 2.85. The Morgan fingerprint density at radius 3 is 2.59 bits per heavy atom. The van der Waals surface area contributed by atoms with Gasteiger partial charge in [-0.05, 0) is 41.9 Å². The number of rotatable bonds is 7.